The lowest BCUT2D eigenvalue weighted by atomic mass is 10.1. The standard InChI is InChI=1S/C14H24N4O2S2/c1-16-13(9-12-5-8-22(19,20)10-12)15-18(14(16)21)11-17-6-3-2-4-7-17/h12H,2-11H2,1H3/p+1/t12-/m0/s1. The van der Waals surface area contributed by atoms with Crippen LogP contribution in [0.15, 0.2) is 0 Å². The van der Waals surface area contributed by atoms with E-state index in [1.54, 1.807) is 0 Å². The predicted octanol–water partition coefficient (Wildman–Crippen LogP) is -0.0454. The molecule has 2 fully saturated rings. The van der Waals surface area contributed by atoms with Gasteiger partial charge in [-0.25, -0.2) is 8.42 Å². The minimum absolute atomic E-state index is 0.191. The van der Waals surface area contributed by atoms with Crippen LogP contribution in [0.5, 0.6) is 0 Å². The lowest BCUT2D eigenvalue weighted by Gasteiger charge is -2.22. The Hall–Kier alpha value is -0.730. The Kier molecular flexibility index (Phi) is 4.70. The molecule has 0 bridgehead atoms. The summed E-state index contributed by atoms with van der Waals surface area (Å²) >= 11 is 5.50. The van der Waals surface area contributed by atoms with Gasteiger partial charge < -0.3 is 9.47 Å². The van der Waals surface area contributed by atoms with E-state index in [2.05, 4.69) is 5.10 Å². The second-order valence-electron chi connectivity index (χ2n) is 6.70. The molecule has 0 radical (unpaired) electrons. The molecule has 3 rings (SSSR count). The van der Waals surface area contributed by atoms with Gasteiger partial charge in [-0.15, -0.1) is 0 Å². The number of sulfone groups is 1. The van der Waals surface area contributed by atoms with E-state index < -0.39 is 9.84 Å². The normalized spacial score (nSPS) is 25.6. The quantitative estimate of drug-likeness (QED) is 0.778. The average Bonchev–Trinajstić information content (AvgIpc) is 2.95. The highest BCUT2D eigenvalue weighted by atomic mass is 32.2. The van der Waals surface area contributed by atoms with Crippen molar-refractivity contribution in [2.24, 2.45) is 13.0 Å². The van der Waals surface area contributed by atoms with Crippen molar-refractivity contribution < 1.29 is 13.3 Å². The van der Waals surface area contributed by atoms with Crippen molar-refractivity contribution in [3.63, 3.8) is 0 Å². The molecule has 0 saturated carbocycles. The van der Waals surface area contributed by atoms with Crippen molar-refractivity contribution in [3.8, 4) is 0 Å². The Bertz CT molecular complexity index is 686. The van der Waals surface area contributed by atoms with Crippen molar-refractivity contribution in [1.29, 1.82) is 0 Å². The van der Waals surface area contributed by atoms with Gasteiger partial charge in [-0.05, 0) is 43.8 Å². The topological polar surface area (TPSA) is 61.3 Å². The van der Waals surface area contributed by atoms with Gasteiger partial charge in [0.15, 0.2) is 16.5 Å². The maximum absolute atomic E-state index is 11.6. The number of nitrogens with one attached hydrogen (secondary N) is 1. The highest BCUT2D eigenvalue weighted by Crippen LogP contribution is 2.21. The molecule has 124 valence electrons. The molecule has 1 aromatic rings. The number of aromatic nitrogens is 3. The fourth-order valence-electron chi connectivity index (χ4n) is 3.53. The Labute approximate surface area is 137 Å². The molecular formula is C14H25N4O2S2+. The molecule has 2 saturated heterocycles. The van der Waals surface area contributed by atoms with E-state index in [0.29, 0.717) is 17.9 Å². The molecule has 6 nitrogen and oxygen atoms in total. The zero-order valence-electron chi connectivity index (χ0n) is 13.1. The summed E-state index contributed by atoms with van der Waals surface area (Å²) < 4.78 is 27.8. The van der Waals surface area contributed by atoms with Crippen LogP contribution < -0.4 is 4.90 Å². The van der Waals surface area contributed by atoms with Crippen LogP contribution in [0, 0.1) is 10.7 Å². The third kappa shape index (κ3) is 3.60. The van der Waals surface area contributed by atoms with Crippen LogP contribution in [0.2, 0.25) is 0 Å². The van der Waals surface area contributed by atoms with Gasteiger partial charge in [0.1, 0.15) is 5.82 Å². The van der Waals surface area contributed by atoms with Crippen LogP contribution in [0.3, 0.4) is 0 Å². The van der Waals surface area contributed by atoms with Crippen LogP contribution in [0.1, 0.15) is 31.5 Å². The Morgan fingerprint density at radius 3 is 2.68 bits per heavy atom. The van der Waals surface area contributed by atoms with Crippen LogP contribution >= 0.6 is 12.2 Å². The summed E-state index contributed by atoms with van der Waals surface area (Å²) in [6, 6.07) is 0. The number of piperidine rings is 1. The van der Waals surface area contributed by atoms with E-state index in [-0.39, 0.29) is 5.92 Å². The molecule has 2 aliphatic heterocycles. The van der Waals surface area contributed by atoms with Gasteiger partial charge in [0.2, 0.25) is 4.77 Å². The van der Waals surface area contributed by atoms with Gasteiger partial charge in [-0.2, -0.15) is 9.78 Å². The van der Waals surface area contributed by atoms with Crippen molar-refractivity contribution in [2.45, 2.75) is 38.8 Å². The minimum Gasteiger partial charge on any atom is -0.316 e. The van der Waals surface area contributed by atoms with Gasteiger partial charge in [0, 0.05) is 13.5 Å². The van der Waals surface area contributed by atoms with Crippen LogP contribution in [0.4, 0.5) is 0 Å². The third-order valence-corrected chi connectivity index (χ3v) is 7.18. The summed E-state index contributed by atoms with van der Waals surface area (Å²) in [5.41, 5.74) is 0. The molecule has 3 heterocycles. The summed E-state index contributed by atoms with van der Waals surface area (Å²) in [5, 5.41) is 4.67. The molecule has 0 unspecified atom stereocenters. The summed E-state index contributed by atoms with van der Waals surface area (Å²) in [4.78, 5) is 1.54. The molecule has 2 aliphatic rings. The minimum atomic E-state index is -2.83. The highest BCUT2D eigenvalue weighted by Gasteiger charge is 2.29. The molecule has 1 N–H and O–H groups in total. The predicted molar refractivity (Wildman–Crippen MR) is 87.0 cm³/mol. The number of nitrogens with zero attached hydrogens (tertiary/aromatic N) is 3. The summed E-state index contributed by atoms with van der Waals surface area (Å²) in [6.45, 7) is 3.21. The zero-order chi connectivity index (χ0) is 15.7. The van der Waals surface area contributed by atoms with Crippen molar-refractivity contribution in [1.82, 2.24) is 14.3 Å². The lowest BCUT2D eigenvalue weighted by Crippen LogP contribution is -3.12. The smallest absolute Gasteiger partial charge is 0.202 e. The summed E-state index contributed by atoms with van der Waals surface area (Å²) in [7, 11) is -0.888. The van der Waals surface area contributed by atoms with E-state index in [4.69, 9.17) is 12.2 Å². The van der Waals surface area contributed by atoms with Gasteiger partial charge in [-0.1, -0.05) is 0 Å². The SMILES string of the molecule is Cn1c(C[C@@H]2CCS(=O)(=O)C2)nn(C[NH+]2CCCCC2)c1=S. The molecule has 8 heteroatoms. The van der Waals surface area contributed by atoms with E-state index >= 15 is 0 Å². The molecule has 1 aromatic heterocycles. The number of likely N-dealkylation sites (tertiary alicyclic amines) is 1. The number of rotatable bonds is 4. The maximum atomic E-state index is 11.6. The molecule has 0 spiro atoms. The Balaban J connectivity index is 1.70. The zero-order valence-corrected chi connectivity index (χ0v) is 14.8. The van der Waals surface area contributed by atoms with E-state index in [9.17, 15) is 8.42 Å². The molecule has 1 atom stereocenters. The van der Waals surface area contributed by atoms with Crippen molar-refractivity contribution in [3.05, 3.63) is 10.6 Å². The highest BCUT2D eigenvalue weighted by molar-refractivity contribution is 7.91. The van der Waals surface area contributed by atoms with Crippen molar-refractivity contribution in [2.75, 3.05) is 24.6 Å². The average molecular weight is 346 g/mol. The number of quaternary nitrogens is 1. The molecule has 0 amide bonds. The van der Waals surface area contributed by atoms with Gasteiger partial charge in [0.05, 0.1) is 24.6 Å². The van der Waals surface area contributed by atoms with Crippen LogP contribution in [-0.2, 0) is 30.0 Å². The number of hydrogen-bond donors (Lipinski definition) is 1. The third-order valence-electron chi connectivity index (χ3n) is 4.86. The number of hydrogen-bond acceptors (Lipinski definition) is 4. The van der Waals surface area contributed by atoms with Gasteiger partial charge >= 0.3 is 0 Å². The second kappa shape index (κ2) is 6.41. The molecular weight excluding hydrogens is 320 g/mol. The molecule has 22 heavy (non-hydrogen) atoms. The first-order valence-corrected chi connectivity index (χ1v) is 10.3. The fourth-order valence-corrected chi connectivity index (χ4v) is 5.60. The molecule has 0 aromatic carbocycles. The van der Waals surface area contributed by atoms with Gasteiger partial charge in [-0.3, -0.25) is 0 Å². The van der Waals surface area contributed by atoms with Crippen LogP contribution in [0.25, 0.3) is 0 Å². The Morgan fingerprint density at radius 2 is 2.05 bits per heavy atom. The van der Waals surface area contributed by atoms with E-state index in [1.165, 1.54) is 37.3 Å². The first-order chi connectivity index (χ1) is 10.4. The Morgan fingerprint density at radius 1 is 1.32 bits per heavy atom. The largest absolute Gasteiger partial charge is 0.316 e. The summed E-state index contributed by atoms with van der Waals surface area (Å²) in [6.07, 6.45) is 5.35. The fraction of sp³-hybridized carbons (Fsp3) is 0.857. The van der Waals surface area contributed by atoms with Crippen molar-refractivity contribution >= 4 is 22.1 Å². The van der Waals surface area contributed by atoms with E-state index in [1.807, 2.05) is 16.3 Å². The first-order valence-electron chi connectivity index (χ1n) is 8.11. The molecule has 0 aliphatic carbocycles. The second-order valence-corrected chi connectivity index (χ2v) is 9.29. The first kappa shape index (κ1) is 16.1. The maximum Gasteiger partial charge on any atom is 0.202 e. The van der Waals surface area contributed by atoms with Crippen LogP contribution in [-0.4, -0.2) is 47.4 Å². The monoisotopic (exact) mass is 345 g/mol. The summed E-state index contributed by atoms with van der Waals surface area (Å²) in [5.74, 6) is 1.73. The lowest BCUT2D eigenvalue weighted by molar-refractivity contribution is -0.928. The van der Waals surface area contributed by atoms with E-state index in [0.717, 1.165) is 23.7 Å². The van der Waals surface area contributed by atoms with Gasteiger partial charge in [0.25, 0.3) is 0 Å².